The zero-order valence-corrected chi connectivity index (χ0v) is 11.3. The summed E-state index contributed by atoms with van der Waals surface area (Å²) in [6, 6.07) is 9.03. The van der Waals surface area contributed by atoms with Gasteiger partial charge in [0.15, 0.2) is 0 Å². The van der Waals surface area contributed by atoms with Gasteiger partial charge >= 0.3 is 0 Å². The van der Waals surface area contributed by atoms with Crippen molar-refractivity contribution < 1.29 is 4.74 Å². The van der Waals surface area contributed by atoms with E-state index in [1.165, 1.54) is 17.5 Å². The van der Waals surface area contributed by atoms with Crippen LogP contribution in [-0.4, -0.2) is 19.8 Å². The Bertz CT molecular complexity index is 312. The highest BCUT2D eigenvalue weighted by Crippen LogP contribution is 2.13. The molecule has 1 rings (SSSR count). The highest BCUT2D eigenvalue weighted by molar-refractivity contribution is 5.24. The lowest BCUT2D eigenvalue weighted by molar-refractivity contribution is 0.131. The van der Waals surface area contributed by atoms with E-state index in [4.69, 9.17) is 4.74 Å². The summed E-state index contributed by atoms with van der Waals surface area (Å²) >= 11 is 0. The third-order valence-electron chi connectivity index (χ3n) is 2.88. The summed E-state index contributed by atoms with van der Waals surface area (Å²) in [5.41, 5.74) is 2.66. The molecule has 0 heterocycles. The molecule has 2 heteroatoms. The summed E-state index contributed by atoms with van der Waals surface area (Å²) in [7, 11) is 0. The van der Waals surface area contributed by atoms with Gasteiger partial charge in [-0.2, -0.15) is 0 Å². The standard InChI is InChI=1S/C15H25NO/c1-4-5-10-17-11-9-16-14(3)15-8-6-7-13(2)12-15/h6-8,12,14,16H,4-5,9-11H2,1-3H3/t14-/m0/s1. The first-order chi connectivity index (χ1) is 8.24. The Morgan fingerprint density at radius 3 is 2.82 bits per heavy atom. The summed E-state index contributed by atoms with van der Waals surface area (Å²) in [6.45, 7) is 9.11. The summed E-state index contributed by atoms with van der Waals surface area (Å²) in [6.07, 6.45) is 2.36. The third kappa shape index (κ3) is 5.85. The van der Waals surface area contributed by atoms with E-state index < -0.39 is 0 Å². The lowest BCUT2D eigenvalue weighted by Crippen LogP contribution is -2.23. The third-order valence-corrected chi connectivity index (χ3v) is 2.88. The van der Waals surface area contributed by atoms with Gasteiger partial charge in [-0.25, -0.2) is 0 Å². The predicted octanol–water partition coefficient (Wildman–Crippen LogP) is 3.46. The van der Waals surface area contributed by atoms with Crippen LogP contribution in [0.4, 0.5) is 0 Å². The van der Waals surface area contributed by atoms with Gasteiger partial charge in [0, 0.05) is 19.2 Å². The molecular formula is C15H25NO. The fourth-order valence-corrected chi connectivity index (χ4v) is 1.75. The lowest BCUT2D eigenvalue weighted by Gasteiger charge is -2.14. The smallest absolute Gasteiger partial charge is 0.0591 e. The van der Waals surface area contributed by atoms with Crippen LogP contribution < -0.4 is 5.32 Å². The Kier molecular flexibility index (Phi) is 6.90. The largest absolute Gasteiger partial charge is 0.380 e. The number of unbranched alkanes of at least 4 members (excludes halogenated alkanes) is 1. The van der Waals surface area contributed by atoms with Gasteiger partial charge in [-0.15, -0.1) is 0 Å². The number of hydrogen-bond acceptors (Lipinski definition) is 2. The van der Waals surface area contributed by atoms with Gasteiger partial charge in [0.1, 0.15) is 0 Å². The average molecular weight is 235 g/mol. The van der Waals surface area contributed by atoms with Crippen molar-refractivity contribution in [3.05, 3.63) is 35.4 Å². The maximum absolute atomic E-state index is 5.52. The monoisotopic (exact) mass is 235 g/mol. The molecule has 0 aliphatic heterocycles. The van der Waals surface area contributed by atoms with Crippen molar-refractivity contribution in [2.75, 3.05) is 19.8 Å². The van der Waals surface area contributed by atoms with E-state index in [0.717, 1.165) is 26.2 Å². The molecule has 1 aromatic rings. The molecule has 0 radical (unpaired) electrons. The molecule has 0 saturated carbocycles. The number of nitrogens with one attached hydrogen (secondary N) is 1. The van der Waals surface area contributed by atoms with Gasteiger partial charge in [0.2, 0.25) is 0 Å². The van der Waals surface area contributed by atoms with Crippen molar-refractivity contribution >= 4 is 0 Å². The zero-order chi connectivity index (χ0) is 12.5. The minimum atomic E-state index is 0.393. The van der Waals surface area contributed by atoms with Crippen molar-refractivity contribution in [3.8, 4) is 0 Å². The molecule has 0 amide bonds. The summed E-state index contributed by atoms with van der Waals surface area (Å²) in [4.78, 5) is 0. The zero-order valence-electron chi connectivity index (χ0n) is 11.3. The average Bonchev–Trinajstić information content (AvgIpc) is 2.33. The van der Waals surface area contributed by atoms with Crippen molar-refractivity contribution in [2.45, 2.75) is 39.7 Å². The van der Waals surface area contributed by atoms with Gasteiger partial charge in [-0.05, 0) is 25.8 Å². The number of ether oxygens (including phenoxy) is 1. The normalized spacial score (nSPS) is 12.6. The molecule has 96 valence electrons. The molecule has 2 nitrogen and oxygen atoms in total. The summed E-state index contributed by atoms with van der Waals surface area (Å²) in [5.74, 6) is 0. The lowest BCUT2D eigenvalue weighted by atomic mass is 10.1. The van der Waals surface area contributed by atoms with E-state index in [-0.39, 0.29) is 0 Å². The second-order valence-corrected chi connectivity index (χ2v) is 4.56. The van der Waals surface area contributed by atoms with Crippen LogP contribution in [0.1, 0.15) is 43.9 Å². The predicted molar refractivity (Wildman–Crippen MR) is 73.3 cm³/mol. The molecule has 17 heavy (non-hydrogen) atoms. The number of aryl methyl sites for hydroxylation is 1. The molecule has 1 N–H and O–H groups in total. The van der Waals surface area contributed by atoms with Crippen LogP contribution in [0.3, 0.4) is 0 Å². The SMILES string of the molecule is CCCCOCCN[C@@H](C)c1cccc(C)c1. The van der Waals surface area contributed by atoms with E-state index in [9.17, 15) is 0 Å². The maximum Gasteiger partial charge on any atom is 0.0591 e. The van der Waals surface area contributed by atoms with Crippen LogP contribution in [-0.2, 0) is 4.74 Å². The fourth-order valence-electron chi connectivity index (χ4n) is 1.75. The first-order valence-electron chi connectivity index (χ1n) is 6.61. The van der Waals surface area contributed by atoms with Crippen molar-refractivity contribution in [3.63, 3.8) is 0 Å². The topological polar surface area (TPSA) is 21.3 Å². The van der Waals surface area contributed by atoms with Crippen LogP contribution in [0.25, 0.3) is 0 Å². The molecular weight excluding hydrogens is 210 g/mol. The number of benzene rings is 1. The number of rotatable bonds is 8. The molecule has 0 aliphatic carbocycles. The van der Waals surface area contributed by atoms with E-state index >= 15 is 0 Å². The second-order valence-electron chi connectivity index (χ2n) is 4.56. The maximum atomic E-state index is 5.52. The van der Waals surface area contributed by atoms with Crippen LogP contribution in [0, 0.1) is 6.92 Å². The van der Waals surface area contributed by atoms with E-state index in [0.29, 0.717) is 6.04 Å². The highest BCUT2D eigenvalue weighted by Gasteiger charge is 2.03. The Morgan fingerprint density at radius 2 is 2.12 bits per heavy atom. The van der Waals surface area contributed by atoms with Crippen LogP contribution >= 0.6 is 0 Å². The van der Waals surface area contributed by atoms with Gasteiger partial charge in [-0.3, -0.25) is 0 Å². The molecule has 0 aromatic heterocycles. The van der Waals surface area contributed by atoms with E-state index in [1.807, 2.05) is 0 Å². The molecule has 0 aliphatic rings. The summed E-state index contributed by atoms with van der Waals surface area (Å²) in [5, 5.41) is 3.48. The molecule has 0 fully saturated rings. The van der Waals surface area contributed by atoms with Gasteiger partial charge in [-0.1, -0.05) is 43.2 Å². The molecule has 1 aromatic carbocycles. The van der Waals surface area contributed by atoms with Gasteiger partial charge < -0.3 is 10.1 Å². The van der Waals surface area contributed by atoms with Crippen LogP contribution in [0.2, 0.25) is 0 Å². The van der Waals surface area contributed by atoms with Crippen molar-refractivity contribution in [2.24, 2.45) is 0 Å². The van der Waals surface area contributed by atoms with E-state index in [2.05, 4.69) is 50.4 Å². The molecule has 0 bridgehead atoms. The first kappa shape index (κ1) is 14.2. The molecule has 0 spiro atoms. The highest BCUT2D eigenvalue weighted by atomic mass is 16.5. The molecule has 0 unspecified atom stereocenters. The number of hydrogen-bond donors (Lipinski definition) is 1. The van der Waals surface area contributed by atoms with Gasteiger partial charge in [0.25, 0.3) is 0 Å². The quantitative estimate of drug-likeness (QED) is 0.697. The Morgan fingerprint density at radius 1 is 1.29 bits per heavy atom. The van der Waals surface area contributed by atoms with Crippen molar-refractivity contribution in [1.29, 1.82) is 0 Å². The Labute approximate surface area is 105 Å². The first-order valence-corrected chi connectivity index (χ1v) is 6.61. The van der Waals surface area contributed by atoms with Gasteiger partial charge in [0.05, 0.1) is 6.61 Å². The second kappa shape index (κ2) is 8.26. The fraction of sp³-hybridized carbons (Fsp3) is 0.600. The minimum Gasteiger partial charge on any atom is -0.380 e. The summed E-state index contributed by atoms with van der Waals surface area (Å²) < 4.78 is 5.52. The minimum absolute atomic E-state index is 0.393. The molecule has 1 atom stereocenters. The molecule has 0 saturated heterocycles. The van der Waals surface area contributed by atoms with E-state index in [1.54, 1.807) is 0 Å². The van der Waals surface area contributed by atoms with Crippen molar-refractivity contribution in [1.82, 2.24) is 5.32 Å². The van der Waals surface area contributed by atoms with Crippen LogP contribution in [0.5, 0.6) is 0 Å². The Balaban J connectivity index is 2.19. The van der Waals surface area contributed by atoms with Crippen LogP contribution in [0.15, 0.2) is 24.3 Å². The Hall–Kier alpha value is -0.860.